The molecule has 0 aliphatic rings. The molecule has 106 valence electrons. The van der Waals surface area contributed by atoms with E-state index in [9.17, 15) is 4.79 Å². The van der Waals surface area contributed by atoms with Crippen LogP contribution >= 0.6 is 0 Å². The van der Waals surface area contributed by atoms with E-state index in [4.69, 9.17) is 10.2 Å². The smallest absolute Gasteiger partial charge is 0.309 e. The fourth-order valence-corrected chi connectivity index (χ4v) is 2.29. The lowest BCUT2D eigenvalue weighted by molar-refractivity contribution is -0.136. The number of carboxylic acid groups (broad SMARTS) is 1. The zero-order chi connectivity index (χ0) is 14.5. The van der Waals surface area contributed by atoms with Crippen molar-refractivity contribution in [1.82, 2.24) is 4.98 Å². The molecule has 20 heavy (non-hydrogen) atoms. The number of para-hydroxylation sites is 1. The summed E-state index contributed by atoms with van der Waals surface area (Å²) < 4.78 is 0. The van der Waals surface area contributed by atoms with Crippen molar-refractivity contribution in [3.8, 4) is 0 Å². The van der Waals surface area contributed by atoms with Gasteiger partial charge in [-0.05, 0) is 19.1 Å². The van der Waals surface area contributed by atoms with Crippen molar-refractivity contribution in [2.24, 2.45) is 0 Å². The third-order valence-electron chi connectivity index (χ3n) is 3.17. The molecular weight excluding hydrogens is 256 g/mol. The Bertz CT molecular complexity index is 613. The molecule has 1 aromatic heterocycles. The minimum atomic E-state index is -0.899. The molecule has 0 atom stereocenters. The highest BCUT2D eigenvalue weighted by molar-refractivity contribution is 5.92. The average molecular weight is 274 g/mol. The Balaban J connectivity index is 2.56. The Morgan fingerprint density at radius 2 is 2.10 bits per heavy atom. The summed E-state index contributed by atoms with van der Waals surface area (Å²) in [6.45, 7) is 3.30. The number of fused-ring (bicyclic) bond motifs is 1. The third-order valence-corrected chi connectivity index (χ3v) is 3.17. The Hall–Kier alpha value is -2.14. The van der Waals surface area contributed by atoms with Crippen LogP contribution in [0.1, 0.15) is 12.6 Å². The van der Waals surface area contributed by atoms with E-state index >= 15 is 0 Å². The van der Waals surface area contributed by atoms with Crippen LogP contribution in [0.15, 0.2) is 30.3 Å². The van der Waals surface area contributed by atoms with Crippen molar-refractivity contribution < 1.29 is 15.0 Å². The second-order valence-corrected chi connectivity index (χ2v) is 4.52. The second-order valence-electron chi connectivity index (χ2n) is 4.52. The normalized spacial score (nSPS) is 10.7. The van der Waals surface area contributed by atoms with Crippen LogP contribution in [0.4, 0.5) is 5.69 Å². The van der Waals surface area contributed by atoms with Gasteiger partial charge in [-0.3, -0.25) is 9.78 Å². The van der Waals surface area contributed by atoms with Gasteiger partial charge in [0.05, 0.1) is 24.2 Å². The number of nitrogens with zero attached hydrogens (tertiary/aromatic N) is 2. The lowest BCUT2D eigenvalue weighted by Gasteiger charge is -2.24. The number of aliphatic hydroxyl groups excluding tert-OH is 1. The summed E-state index contributed by atoms with van der Waals surface area (Å²) in [4.78, 5) is 17.3. The van der Waals surface area contributed by atoms with E-state index in [1.54, 1.807) is 6.07 Å². The highest BCUT2D eigenvalue weighted by Gasteiger charge is 2.12. The van der Waals surface area contributed by atoms with Crippen molar-refractivity contribution in [2.75, 3.05) is 24.6 Å². The molecule has 0 saturated carbocycles. The maximum Gasteiger partial charge on any atom is 0.309 e. The van der Waals surface area contributed by atoms with Crippen molar-refractivity contribution in [2.45, 2.75) is 13.3 Å². The van der Waals surface area contributed by atoms with E-state index < -0.39 is 5.97 Å². The van der Waals surface area contributed by atoms with E-state index in [-0.39, 0.29) is 13.0 Å². The van der Waals surface area contributed by atoms with Crippen LogP contribution in [-0.2, 0) is 11.2 Å². The van der Waals surface area contributed by atoms with Crippen molar-refractivity contribution >= 4 is 22.6 Å². The zero-order valence-electron chi connectivity index (χ0n) is 11.4. The highest BCUT2D eigenvalue weighted by Crippen LogP contribution is 2.26. The molecule has 2 aromatic rings. The van der Waals surface area contributed by atoms with E-state index in [1.165, 1.54) is 0 Å². The Kier molecular flexibility index (Phi) is 4.53. The Morgan fingerprint density at radius 1 is 1.35 bits per heavy atom. The number of aliphatic hydroxyl groups is 1. The van der Waals surface area contributed by atoms with Gasteiger partial charge in [-0.15, -0.1) is 0 Å². The quantitative estimate of drug-likeness (QED) is 0.838. The average Bonchev–Trinajstić information content (AvgIpc) is 2.43. The minimum Gasteiger partial charge on any atom is -0.481 e. The van der Waals surface area contributed by atoms with E-state index in [0.717, 1.165) is 23.1 Å². The molecule has 1 heterocycles. The lowest BCUT2D eigenvalue weighted by Crippen LogP contribution is -2.26. The maximum atomic E-state index is 10.9. The summed E-state index contributed by atoms with van der Waals surface area (Å²) in [5.74, 6) is -0.899. The predicted molar refractivity (Wildman–Crippen MR) is 78.1 cm³/mol. The summed E-state index contributed by atoms with van der Waals surface area (Å²) in [5.41, 5.74) is 2.23. The number of hydrogen-bond donors (Lipinski definition) is 2. The zero-order valence-corrected chi connectivity index (χ0v) is 11.4. The lowest BCUT2D eigenvalue weighted by atomic mass is 10.1. The topological polar surface area (TPSA) is 73.7 Å². The van der Waals surface area contributed by atoms with E-state index in [0.29, 0.717) is 12.2 Å². The monoisotopic (exact) mass is 274 g/mol. The van der Waals surface area contributed by atoms with Gasteiger partial charge < -0.3 is 15.1 Å². The minimum absolute atomic E-state index is 0.0543. The summed E-state index contributed by atoms with van der Waals surface area (Å²) in [6.07, 6.45) is -0.103. The van der Waals surface area contributed by atoms with Gasteiger partial charge in [-0.25, -0.2) is 0 Å². The number of carboxylic acids is 1. The number of carbonyl (C=O) groups is 1. The van der Waals surface area contributed by atoms with Gasteiger partial charge in [-0.1, -0.05) is 18.2 Å². The number of pyridine rings is 1. The van der Waals surface area contributed by atoms with Crippen LogP contribution in [0, 0.1) is 0 Å². The van der Waals surface area contributed by atoms with Crippen molar-refractivity contribution in [3.05, 3.63) is 36.0 Å². The van der Waals surface area contributed by atoms with Gasteiger partial charge in [0.2, 0.25) is 0 Å². The summed E-state index contributed by atoms with van der Waals surface area (Å²) in [7, 11) is 0. The highest BCUT2D eigenvalue weighted by atomic mass is 16.4. The van der Waals surface area contributed by atoms with E-state index in [1.807, 2.05) is 36.1 Å². The molecule has 5 nitrogen and oxygen atoms in total. The summed E-state index contributed by atoms with van der Waals surface area (Å²) in [6, 6.07) is 9.44. The number of rotatable bonds is 6. The fourth-order valence-electron chi connectivity index (χ4n) is 2.29. The molecular formula is C15H18N2O3. The fraction of sp³-hybridized carbons (Fsp3) is 0.333. The molecule has 2 rings (SSSR count). The molecule has 0 unspecified atom stereocenters. The van der Waals surface area contributed by atoms with Crippen LogP contribution in [-0.4, -0.2) is 40.9 Å². The first kappa shape index (κ1) is 14.3. The number of anilines is 1. The number of likely N-dealkylation sites (N-methyl/N-ethyl adjacent to an activating group) is 1. The molecule has 0 spiro atoms. The Labute approximate surface area is 117 Å². The third kappa shape index (κ3) is 3.05. The van der Waals surface area contributed by atoms with Crippen LogP contribution in [0.3, 0.4) is 0 Å². The summed E-state index contributed by atoms with van der Waals surface area (Å²) in [5, 5.41) is 19.1. The predicted octanol–water partition coefficient (Wildman–Crippen LogP) is 1.68. The van der Waals surface area contributed by atoms with Gasteiger partial charge in [0.15, 0.2) is 0 Å². The number of hydrogen-bond acceptors (Lipinski definition) is 4. The maximum absolute atomic E-state index is 10.9. The molecule has 0 aliphatic carbocycles. The molecule has 0 fully saturated rings. The number of benzene rings is 1. The van der Waals surface area contributed by atoms with Crippen LogP contribution < -0.4 is 4.90 Å². The Morgan fingerprint density at radius 3 is 2.75 bits per heavy atom. The summed E-state index contributed by atoms with van der Waals surface area (Å²) >= 11 is 0. The molecule has 0 saturated heterocycles. The molecule has 0 aliphatic heterocycles. The molecule has 1 aromatic carbocycles. The van der Waals surface area contributed by atoms with Gasteiger partial charge in [-0.2, -0.15) is 0 Å². The van der Waals surface area contributed by atoms with Gasteiger partial charge >= 0.3 is 5.97 Å². The molecule has 0 bridgehead atoms. The standard InChI is InChI=1S/C15H18N2O3/c1-2-17(7-8-18)14-9-11(10-15(19)20)16-13-6-4-3-5-12(13)14/h3-6,9,18H,2,7-8,10H2,1H3,(H,19,20). The first-order valence-electron chi connectivity index (χ1n) is 6.62. The van der Waals surface area contributed by atoms with Gasteiger partial charge in [0.1, 0.15) is 0 Å². The van der Waals surface area contributed by atoms with Crippen LogP contribution in [0.5, 0.6) is 0 Å². The molecule has 5 heteroatoms. The molecule has 0 amide bonds. The van der Waals surface area contributed by atoms with Crippen molar-refractivity contribution in [3.63, 3.8) is 0 Å². The molecule has 2 N–H and O–H groups in total. The van der Waals surface area contributed by atoms with Crippen LogP contribution in [0.25, 0.3) is 10.9 Å². The largest absolute Gasteiger partial charge is 0.481 e. The molecule has 0 radical (unpaired) electrons. The second kappa shape index (κ2) is 6.34. The first-order valence-corrected chi connectivity index (χ1v) is 6.62. The number of aliphatic carboxylic acids is 1. The van der Waals surface area contributed by atoms with Crippen LogP contribution in [0.2, 0.25) is 0 Å². The number of aromatic nitrogens is 1. The van der Waals surface area contributed by atoms with Gasteiger partial charge in [0, 0.05) is 24.2 Å². The van der Waals surface area contributed by atoms with Crippen molar-refractivity contribution in [1.29, 1.82) is 0 Å². The first-order chi connectivity index (χ1) is 9.65. The SMILES string of the molecule is CCN(CCO)c1cc(CC(=O)O)nc2ccccc12. The van der Waals surface area contributed by atoms with Gasteiger partial charge in [0.25, 0.3) is 0 Å². The van der Waals surface area contributed by atoms with E-state index in [2.05, 4.69) is 4.98 Å².